The maximum atomic E-state index is 13.0. The van der Waals surface area contributed by atoms with E-state index >= 15 is 0 Å². The van der Waals surface area contributed by atoms with Crippen molar-refractivity contribution in [2.75, 3.05) is 0 Å². The fraction of sp³-hybridized carbons (Fsp3) is 0.273. The standard InChI is InChI=1S/C11H11FO3/c1-11(2,6-13)7-3-4-9(12)8(5-7)10(14)15/h3-6H,1-2H3,(H,14,15). The number of carbonyl (C=O) groups is 2. The molecule has 0 amide bonds. The molecule has 0 saturated heterocycles. The van der Waals surface area contributed by atoms with E-state index in [0.29, 0.717) is 11.8 Å². The van der Waals surface area contributed by atoms with Crippen LogP contribution in [0.5, 0.6) is 0 Å². The van der Waals surface area contributed by atoms with Crippen LogP contribution in [0, 0.1) is 5.82 Å². The molecule has 0 bridgehead atoms. The summed E-state index contributed by atoms with van der Waals surface area (Å²) < 4.78 is 13.0. The fourth-order valence-electron chi connectivity index (χ4n) is 1.16. The molecule has 0 unspecified atom stereocenters. The van der Waals surface area contributed by atoms with Gasteiger partial charge >= 0.3 is 5.97 Å². The van der Waals surface area contributed by atoms with Crippen LogP contribution < -0.4 is 0 Å². The SMILES string of the molecule is CC(C)(C=O)c1ccc(F)c(C(=O)O)c1. The maximum Gasteiger partial charge on any atom is 0.338 e. The lowest BCUT2D eigenvalue weighted by Gasteiger charge is -2.17. The Bertz CT molecular complexity index is 410. The van der Waals surface area contributed by atoms with Gasteiger partial charge in [0.05, 0.1) is 5.56 Å². The summed E-state index contributed by atoms with van der Waals surface area (Å²) in [6, 6.07) is 3.66. The molecule has 80 valence electrons. The topological polar surface area (TPSA) is 54.4 Å². The summed E-state index contributed by atoms with van der Waals surface area (Å²) in [4.78, 5) is 21.4. The molecule has 0 fully saturated rings. The van der Waals surface area contributed by atoms with E-state index in [9.17, 15) is 14.0 Å². The van der Waals surface area contributed by atoms with Gasteiger partial charge in [-0.15, -0.1) is 0 Å². The van der Waals surface area contributed by atoms with Gasteiger partial charge in [0, 0.05) is 5.41 Å². The van der Waals surface area contributed by atoms with Crippen molar-refractivity contribution in [2.45, 2.75) is 19.3 Å². The number of hydrogen-bond donors (Lipinski definition) is 1. The monoisotopic (exact) mass is 210 g/mol. The van der Waals surface area contributed by atoms with Crippen LogP contribution in [-0.2, 0) is 10.2 Å². The average molecular weight is 210 g/mol. The highest BCUT2D eigenvalue weighted by Gasteiger charge is 2.22. The number of hydrogen-bond acceptors (Lipinski definition) is 2. The van der Waals surface area contributed by atoms with E-state index in [1.165, 1.54) is 12.1 Å². The second-order valence-corrected chi connectivity index (χ2v) is 3.84. The number of carboxylic acids is 1. The molecular formula is C11H11FO3. The summed E-state index contributed by atoms with van der Waals surface area (Å²) in [5.41, 5.74) is -0.739. The molecule has 0 aromatic heterocycles. The van der Waals surface area contributed by atoms with E-state index in [1.54, 1.807) is 13.8 Å². The first kappa shape index (κ1) is 11.4. The van der Waals surface area contributed by atoms with Gasteiger partial charge < -0.3 is 9.90 Å². The van der Waals surface area contributed by atoms with Gasteiger partial charge in [0.25, 0.3) is 0 Å². The molecule has 1 aromatic rings. The third-order valence-corrected chi connectivity index (χ3v) is 2.24. The van der Waals surface area contributed by atoms with Gasteiger partial charge in [-0.2, -0.15) is 0 Å². The Morgan fingerprint density at radius 2 is 2.07 bits per heavy atom. The third kappa shape index (κ3) is 2.21. The van der Waals surface area contributed by atoms with Crippen molar-refractivity contribution in [1.82, 2.24) is 0 Å². The molecule has 0 saturated carbocycles. The van der Waals surface area contributed by atoms with E-state index in [2.05, 4.69) is 0 Å². The summed E-state index contributed by atoms with van der Waals surface area (Å²) >= 11 is 0. The van der Waals surface area contributed by atoms with Crippen LogP contribution in [0.2, 0.25) is 0 Å². The van der Waals surface area contributed by atoms with E-state index in [-0.39, 0.29) is 0 Å². The van der Waals surface area contributed by atoms with E-state index in [0.717, 1.165) is 6.07 Å². The van der Waals surface area contributed by atoms with Crippen LogP contribution in [-0.4, -0.2) is 17.4 Å². The van der Waals surface area contributed by atoms with Crippen LogP contribution in [0.4, 0.5) is 4.39 Å². The molecule has 0 spiro atoms. The van der Waals surface area contributed by atoms with Crippen molar-refractivity contribution in [1.29, 1.82) is 0 Å². The molecule has 0 heterocycles. The molecule has 3 nitrogen and oxygen atoms in total. The first-order valence-corrected chi connectivity index (χ1v) is 4.38. The first-order chi connectivity index (χ1) is 6.88. The molecule has 1 N–H and O–H groups in total. The second-order valence-electron chi connectivity index (χ2n) is 3.84. The van der Waals surface area contributed by atoms with Gasteiger partial charge in [-0.1, -0.05) is 6.07 Å². The minimum Gasteiger partial charge on any atom is -0.478 e. The highest BCUT2D eigenvalue weighted by Crippen LogP contribution is 2.22. The van der Waals surface area contributed by atoms with Crippen LogP contribution in [0.3, 0.4) is 0 Å². The third-order valence-electron chi connectivity index (χ3n) is 2.24. The lowest BCUT2D eigenvalue weighted by Crippen LogP contribution is -2.19. The Morgan fingerprint density at radius 1 is 1.47 bits per heavy atom. The zero-order chi connectivity index (χ0) is 11.6. The maximum absolute atomic E-state index is 13.0. The van der Waals surface area contributed by atoms with Gasteiger partial charge in [0.1, 0.15) is 12.1 Å². The van der Waals surface area contributed by atoms with Gasteiger partial charge in [-0.25, -0.2) is 9.18 Å². The number of benzene rings is 1. The Hall–Kier alpha value is -1.71. The largest absolute Gasteiger partial charge is 0.478 e. The Morgan fingerprint density at radius 3 is 2.53 bits per heavy atom. The van der Waals surface area contributed by atoms with Crippen molar-refractivity contribution >= 4 is 12.3 Å². The fourth-order valence-corrected chi connectivity index (χ4v) is 1.16. The Kier molecular flexibility index (Phi) is 2.88. The summed E-state index contributed by atoms with van der Waals surface area (Å²) in [6.07, 6.45) is 0.700. The van der Waals surface area contributed by atoms with Crippen LogP contribution in [0.15, 0.2) is 18.2 Å². The van der Waals surface area contributed by atoms with Gasteiger partial charge in [-0.3, -0.25) is 0 Å². The van der Waals surface area contributed by atoms with E-state index in [4.69, 9.17) is 5.11 Å². The lowest BCUT2D eigenvalue weighted by atomic mass is 9.85. The molecule has 0 atom stereocenters. The van der Waals surface area contributed by atoms with E-state index < -0.39 is 22.8 Å². The highest BCUT2D eigenvalue weighted by atomic mass is 19.1. The molecule has 0 radical (unpaired) electrons. The van der Waals surface area contributed by atoms with E-state index in [1.807, 2.05) is 0 Å². The van der Waals surface area contributed by atoms with Crippen molar-refractivity contribution in [3.8, 4) is 0 Å². The number of aldehydes is 1. The predicted molar refractivity (Wildman–Crippen MR) is 52.4 cm³/mol. The normalized spacial score (nSPS) is 11.1. The molecule has 0 aliphatic heterocycles. The van der Waals surface area contributed by atoms with Crippen molar-refractivity contribution in [3.63, 3.8) is 0 Å². The Labute approximate surface area is 86.5 Å². The molecule has 0 aliphatic rings. The summed E-state index contributed by atoms with van der Waals surface area (Å²) in [6.45, 7) is 3.28. The molecule has 4 heteroatoms. The number of carbonyl (C=O) groups excluding carboxylic acids is 1. The molecule has 1 aromatic carbocycles. The van der Waals surface area contributed by atoms with Gasteiger partial charge in [0.2, 0.25) is 0 Å². The van der Waals surface area contributed by atoms with Crippen molar-refractivity contribution in [3.05, 3.63) is 35.1 Å². The number of halogens is 1. The Balaban J connectivity index is 3.30. The minimum atomic E-state index is -1.34. The first-order valence-electron chi connectivity index (χ1n) is 4.38. The van der Waals surface area contributed by atoms with Crippen LogP contribution in [0.25, 0.3) is 0 Å². The quantitative estimate of drug-likeness (QED) is 0.776. The smallest absolute Gasteiger partial charge is 0.338 e. The summed E-state index contributed by atoms with van der Waals surface area (Å²) in [7, 11) is 0. The van der Waals surface area contributed by atoms with Gasteiger partial charge in [-0.05, 0) is 31.5 Å². The van der Waals surface area contributed by atoms with Crippen LogP contribution in [0.1, 0.15) is 29.8 Å². The highest BCUT2D eigenvalue weighted by molar-refractivity contribution is 5.88. The lowest BCUT2D eigenvalue weighted by molar-refractivity contribution is -0.111. The predicted octanol–water partition coefficient (Wildman–Crippen LogP) is 2.00. The zero-order valence-electron chi connectivity index (χ0n) is 8.45. The van der Waals surface area contributed by atoms with Crippen molar-refractivity contribution < 1.29 is 19.1 Å². The summed E-state index contributed by atoms with van der Waals surface area (Å²) in [5, 5.41) is 8.70. The van der Waals surface area contributed by atoms with Crippen LogP contribution >= 0.6 is 0 Å². The number of aromatic carboxylic acids is 1. The molecular weight excluding hydrogens is 199 g/mol. The minimum absolute atomic E-state index is 0.414. The average Bonchev–Trinajstić information content (AvgIpc) is 2.17. The molecule has 0 aliphatic carbocycles. The number of rotatable bonds is 3. The summed E-state index contributed by atoms with van der Waals surface area (Å²) in [5.74, 6) is -2.14. The zero-order valence-corrected chi connectivity index (χ0v) is 8.45. The molecule has 1 rings (SSSR count). The second kappa shape index (κ2) is 3.81. The molecule has 15 heavy (non-hydrogen) atoms. The van der Waals surface area contributed by atoms with Crippen molar-refractivity contribution in [2.24, 2.45) is 0 Å². The van der Waals surface area contributed by atoms with Gasteiger partial charge in [0.15, 0.2) is 0 Å². The number of carboxylic acid groups (broad SMARTS) is 1.